The minimum atomic E-state index is 0.433. The maximum absolute atomic E-state index is 6.07. The molecule has 1 aromatic heterocycles. The van der Waals surface area contributed by atoms with Crippen LogP contribution in [0.5, 0.6) is 0 Å². The summed E-state index contributed by atoms with van der Waals surface area (Å²) in [5, 5.41) is 0. The van der Waals surface area contributed by atoms with Crippen LogP contribution in [0.15, 0.2) is 24.5 Å². The summed E-state index contributed by atoms with van der Waals surface area (Å²) < 4.78 is 0. The largest absolute Gasteiger partial charge is 0.328 e. The number of nitrogens with two attached hydrogens (primary N) is 1. The lowest BCUT2D eigenvalue weighted by atomic mass is 9.98. The van der Waals surface area contributed by atoms with Crippen LogP contribution in [0.4, 0.5) is 0 Å². The smallest absolute Gasteiger partial charge is 0.0312 e. The average molecular weight is 217 g/mol. The van der Waals surface area contributed by atoms with Crippen LogP contribution in [-0.4, -0.2) is 28.0 Å². The van der Waals surface area contributed by atoms with Gasteiger partial charge in [-0.2, -0.15) is 0 Å². The molecule has 0 radical (unpaired) electrons. The van der Waals surface area contributed by atoms with E-state index in [9.17, 15) is 0 Å². The predicted octanol–water partition coefficient (Wildman–Crippen LogP) is 1.54. The fourth-order valence-electron chi connectivity index (χ4n) is 3.28. The molecule has 3 rings (SSSR count). The van der Waals surface area contributed by atoms with Crippen molar-refractivity contribution in [2.24, 2.45) is 5.73 Å². The van der Waals surface area contributed by atoms with Gasteiger partial charge in [-0.3, -0.25) is 9.88 Å². The van der Waals surface area contributed by atoms with Gasteiger partial charge >= 0.3 is 0 Å². The van der Waals surface area contributed by atoms with Crippen LogP contribution in [-0.2, 0) is 6.54 Å². The molecule has 3 nitrogen and oxygen atoms in total. The van der Waals surface area contributed by atoms with Gasteiger partial charge in [0.05, 0.1) is 0 Å². The van der Waals surface area contributed by atoms with Gasteiger partial charge in [-0.05, 0) is 37.3 Å². The number of pyridine rings is 1. The molecule has 86 valence electrons. The van der Waals surface area contributed by atoms with Crippen LogP contribution in [0, 0.1) is 0 Å². The van der Waals surface area contributed by atoms with Crippen LogP contribution >= 0.6 is 0 Å². The maximum Gasteiger partial charge on any atom is 0.0312 e. The lowest BCUT2D eigenvalue weighted by Gasteiger charge is -2.37. The zero-order valence-corrected chi connectivity index (χ0v) is 9.55. The number of piperidine rings is 1. The van der Waals surface area contributed by atoms with E-state index in [4.69, 9.17) is 5.73 Å². The Bertz CT molecular complexity index is 337. The summed E-state index contributed by atoms with van der Waals surface area (Å²) in [6.07, 6.45) is 8.84. The van der Waals surface area contributed by atoms with E-state index in [1.54, 1.807) is 0 Å². The molecule has 2 aliphatic heterocycles. The number of rotatable bonds is 2. The normalized spacial score (nSPS) is 34.2. The van der Waals surface area contributed by atoms with Gasteiger partial charge in [-0.1, -0.05) is 6.07 Å². The molecule has 0 aromatic carbocycles. The van der Waals surface area contributed by atoms with Crippen molar-refractivity contribution in [1.82, 2.24) is 9.88 Å². The van der Waals surface area contributed by atoms with E-state index < -0.39 is 0 Å². The highest BCUT2D eigenvalue weighted by Gasteiger charge is 2.39. The molecular weight excluding hydrogens is 198 g/mol. The second-order valence-corrected chi connectivity index (χ2v) is 5.15. The first-order valence-electron chi connectivity index (χ1n) is 6.23. The lowest BCUT2D eigenvalue weighted by molar-refractivity contribution is 0.120. The quantitative estimate of drug-likeness (QED) is 0.817. The third-order valence-electron chi connectivity index (χ3n) is 4.01. The van der Waals surface area contributed by atoms with Crippen molar-refractivity contribution in [3.05, 3.63) is 30.1 Å². The highest BCUT2D eigenvalue weighted by molar-refractivity contribution is 5.10. The summed E-state index contributed by atoms with van der Waals surface area (Å²) >= 11 is 0. The van der Waals surface area contributed by atoms with Crippen LogP contribution in [0.3, 0.4) is 0 Å². The number of nitrogens with zero attached hydrogens (tertiary/aromatic N) is 2. The molecular formula is C13H19N3. The molecule has 16 heavy (non-hydrogen) atoms. The Morgan fingerprint density at radius 3 is 2.69 bits per heavy atom. The molecule has 2 fully saturated rings. The Morgan fingerprint density at radius 1 is 1.31 bits per heavy atom. The average Bonchev–Trinajstić information content (AvgIpc) is 2.54. The summed E-state index contributed by atoms with van der Waals surface area (Å²) in [6.45, 7) is 1.05. The van der Waals surface area contributed by atoms with Gasteiger partial charge in [-0.25, -0.2) is 0 Å². The molecule has 2 N–H and O–H groups in total. The topological polar surface area (TPSA) is 42.1 Å². The second-order valence-electron chi connectivity index (χ2n) is 5.15. The molecule has 2 aliphatic rings. The summed E-state index contributed by atoms with van der Waals surface area (Å²) in [5.74, 6) is 0. The SMILES string of the molecule is NC1CC2CCC(C1)N2Cc1cccnc1. The third-order valence-corrected chi connectivity index (χ3v) is 4.01. The van der Waals surface area contributed by atoms with E-state index in [1.807, 2.05) is 18.5 Å². The minimum absolute atomic E-state index is 0.433. The van der Waals surface area contributed by atoms with Crippen LogP contribution in [0.2, 0.25) is 0 Å². The van der Waals surface area contributed by atoms with E-state index in [1.165, 1.54) is 31.2 Å². The van der Waals surface area contributed by atoms with Crippen molar-refractivity contribution >= 4 is 0 Å². The van der Waals surface area contributed by atoms with Crippen molar-refractivity contribution in [3.63, 3.8) is 0 Å². The zero-order valence-electron chi connectivity index (χ0n) is 9.55. The summed E-state index contributed by atoms with van der Waals surface area (Å²) in [6, 6.07) is 6.05. The Hall–Kier alpha value is -0.930. The van der Waals surface area contributed by atoms with Crippen LogP contribution < -0.4 is 5.73 Å². The summed E-state index contributed by atoms with van der Waals surface area (Å²) in [4.78, 5) is 6.82. The molecule has 0 spiro atoms. The van der Waals surface area contributed by atoms with Gasteiger partial charge < -0.3 is 5.73 Å². The molecule has 2 saturated heterocycles. The van der Waals surface area contributed by atoms with E-state index in [0.29, 0.717) is 18.1 Å². The Morgan fingerprint density at radius 2 is 2.06 bits per heavy atom. The first-order chi connectivity index (χ1) is 7.83. The number of fused-ring (bicyclic) bond motifs is 2. The number of hydrogen-bond acceptors (Lipinski definition) is 3. The first-order valence-corrected chi connectivity index (χ1v) is 6.23. The molecule has 0 aliphatic carbocycles. The third kappa shape index (κ3) is 1.85. The Kier molecular flexibility index (Phi) is 2.65. The van der Waals surface area contributed by atoms with Crippen molar-refractivity contribution < 1.29 is 0 Å². The molecule has 0 amide bonds. The fourth-order valence-corrected chi connectivity index (χ4v) is 3.28. The van der Waals surface area contributed by atoms with Crippen molar-refractivity contribution in [3.8, 4) is 0 Å². The fraction of sp³-hybridized carbons (Fsp3) is 0.615. The van der Waals surface area contributed by atoms with Gasteiger partial charge in [0.2, 0.25) is 0 Å². The number of aromatic nitrogens is 1. The highest BCUT2D eigenvalue weighted by Crippen LogP contribution is 2.35. The second kappa shape index (κ2) is 4.15. The van der Waals surface area contributed by atoms with Crippen LogP contribution in [0.25, 0.3) is 0 Å². The maximum atomic E-state index is 6.07. The first kappa shape index (κ1) is 10.2. The standard InChI is InChI=1S/C13H19N3/c14-11-6-12-3-4-13(7-11)16(12)9-10-2-1-5-15-8-10/h1-2,5,8,11-13H,3-4,6-7,9,14H2. The van der Waals surface area contributed by atoms with E-state index >= 15 is 0 Å². The molecule has 3 heterocycles. The van der Waals surface area contributed by atoms with Gasteiger partial charge in [0.1, 0.15) is 0 Å². The van der Waals surface area contributed by atoms with E-state index in [-0.39, 0.29) is 0 Å². The van der Waals surface area contributed by atoms with Crippen LogP contribution in [0.1, 0.15) is 31.2 Å². The van der Waals surface area contributed by atoms with E-state index in [0.717, 1.165) is 6.54 Å². The summed E-state index contributed by atoms with van der Waals surface area (Å²) in [5.41, 5.74) is 7.40. The Balaban J connectivity index is 1.72. The van der Waals surface area contributed by atoms with Crippen molar-refractivity contribution in [2.75, 3.05) is 0 Å². The van der Waals surface area contributed by atoms with Gasteiger partial charge in [0, 0.05) is 37.1 Å². The molecule has 2 atom stereocenters. The van der Waals surface area contributed by atoms with E-state index in [2.05, 4.69) is 16.0 Å². The molecule has 3 heteroatoms. The highest BCUT2D eigenvalue weighted by atomic mass is 15.2. The predicted molar refractivity (Wildman–Crippen MR) is 63.8 cm³/mol. The minimum Gasteiger partial charge on any atom is -0.328 e. The Labute approximate surface area is 96.7 Å². The van der Waals surface area contributed by atoms with Gasteiger partial charge in [0.25, 0.3) is 0 Å². The molecule has 2 unspecified atom stereocenters. The number of hydrogen-bond donors (Lipinski definition) is 1. The molecule has 0 saturated carbocycles. The lowest BCUT2D eigenvalue weighted by Crippen LogP contribution is -2.46. The zero-order chi connectivity index (χ0) is 11.0. The monoisotopic (exact) mass is 217 g/mol. The van der Waals surface area contributed by atoms with Gasteiger partial charge in [-0.15, -0.1) is 0 Å². The summed E-state index contributed by atoms with van der Waals surface area (Å²) in [7, 11) is 0. The van der Waals surface area contributed by atoms with Crippen molar-refractivity contribution in [1.29, 1.82) is 0 Å². The van der Waals surface area contributed by atoms with Gasteiger partial charge in [0.15, 0.2) is 0 Å². The molecule has 2 bridgehead atoms. The molecule has 1 aromatic rings. The van der Waals surface area contributed by atoms with Crippen molar-refractivity contribution in [2.45, 2.75) is 50.4 Å².